The Labute approximate surface area is 154 Å². The van der Waals surface area contributed by atoms with Crippen LogP contribution >= 0.6 is 22.7 Å². The van der Waals surface area contributed by atoms with Gasteiger partial charge in [-0.1, -0.05) is 19.1 Å². The summed E-state index contributed by atoms with van der Waals surface area (Å²) in [6, 6.07) is 8.66. The van der Waals surface area contributed by atoms with Crippen molar-refractivity contribution in [2.75, 3.05) is 11.6 Å². The van der Waals surface area contributed by atoms with Crippen molar-refractivity contribution in [3.05, 3.63) is 52.2 Å². The number of thiazole rings is 1. The lowest BCUT2D eigenvalue weighted by Crippen LogP contribution is -2.13. The number of aromatic nitrogens is 1. The first-order valence-electron chi connectivity index (χ1n) is 7.52. The normalized spacial score (nSPS) is 11.4. The highest BCUT2D eigenvalue weighted by atomic mass is 32.2. The highest BCUT2D eigenvalue weighted by Gasteiger charge is 2.17. The Hall–Kier alpha value is -2.03. The number of thiophene rings is 1. The Morgan fingerprint density at radius 2 is 2.04 bits per heavy atom. The summed E-state index contributed by atoms with van der Waals surface area (Å²) < 4.78 is 23.9. The van der Waals surface area contributed by atoms with Crippen molar-refractivity contribution < 1.29 is 13.2 Å². The number of benzene rings is 1. The highest BCUT2D eigenvalue weighted by molar-refractivity contribution is 7.90. The standard InChI is InChI=1S/C17H16N2O3S3/c1-3-11-6-7-12(9-15(11)25(2,21)22)16(20)19-17-18-13(10-24-17)14-5-4-8-23-14/h4-10H,3H2,1-2H3,(H,18,19,20). The van der Waals surface area contributed by atoms with Crippen molar-refractivity contribution in [1.82, 2.24) is 4.98 Å². The summed E-state index contributed by atoms with van der Waals surface area (Å²) in [5.74, 6) is -0.375. The molecule has 0 fully saturated rings. The van der Waals surface area contributed by atoms with Crippen molar-refractivity contribution in [2.45, 2.75) is 18.2 Å². The summed E-state index contributed by atoms with van der Waals surface area (Å²) in [6.45, 7) is 1.88. The molecule has 0 aliphatic heterocycles. The molecule has 1 amide bonds. The van der Waals surface area contributed by atoms with Gasteiger partial charge in [-0.05, 0) is 35.6 Å². The number of anilines is 1. The van der Waals surface area contributed by atoms with E-state index in [1.54, 1.807) is 23.5 Å². The van der Waals surface area contributed by atoms with Crippen molar-refractivity contribution in [3.63, 3.8) is 0 Å². The fourth-order valence-electron chi connectivity index (χ4n) is 2.37. The van der Waals surface area contributed by atoms with Gasteiger partial charge in [-0.3, -0.25) is 10.1 Å². The first kappa shape index (κ1) is 17.8. The molecule has 5 nitrogen and oxygen atoms in total. The molecule has 3 aromatic rings. The molecule has 0 aliphatic carbocycles. The molecule has 0 bridgehead atoms. The molecular weight excluding hydrogens is 376 g/mol. The molecule has 1 N–H and O–H groups in total. The molecule has 2 aromatic heterocycles. The molecule has 0 saturated carbocycles. The Kier molecular flexibility index (Phi) is 5.03. The van der Waals surface area contributed by atoms with Crippen LogP contribution in [0.25, 0.3) is 10.6 Å². The Bertz CT molecular complexity index is 1010. The van der Waals surface area contributed by atoms with Gasteiger partial charge >= 0.3 is 0 Å². The van der Waals surface area contributed by atoms with Gasteiger partial charge in [-0.25, -0.2) is 13.4 Å². The summed E-state index contributed by atoms with van der Waals surface area (Å²) >= 11 is 2.91. The molecule has 25 heavy (non-hydrogen) atoms. The second-order valence-corrected chi connectivity index (χ2v) is 9.21. The predicted octanol–water partition coefficient (Wildman–Crippen LogP) is 4.09. The first-order chi connectivity index (χ1) is 11.9. The number of carbonyl (C=O) groups is 1. The van der Waals surface area contributed by atoms with Gasteiger partial charge in [-0.15, -0.1) is 22.7 Å². The number of sulfone groups is 1. The van der Waals surface area contributed by atoms with Gasteiger partial charge in [-0.2, -0.15) is 0 Å². The fourth-order valence-corrected chi connectivity index (χ4v) is 4.87. The lowest BCUT2D eigenvalue weighted by molar-refractivity contribution is 0.102. The summed E-state index contributed by atoms with van der Waals surface area (Å²) in [7, 11) is -3.39. The van der Waals surface area contributed by atoms with Crippen LogP contribution in [0, 0.1) is 0 Å². The summed E-state index contributed by atoms with van der Waals surface area (Å²) in [4.78, 5) is 18.1. The molecule has 0 unspecified atom stereocenters. The zero-order chi connectivity index (χ0) is 18.0. The third kappa shape index (κ3) is 3.97. The number of hydrogen-bond donors (Lipinski definition) is 1. The van der Waals surface area contributed by atoms with Gasteiger partial charge in [0.05, 0.1) is 15.5 Å². The highest BCUT2D eigenvalue weighted by Crippen LogP contribution is 2.28. The van der Waals surface area contributed by atoms with E-state index >= 15 is 0 Å². The van der Waals surface area contributed by atoms with Crippen molar-refractivity contribution in [1.29, 1.82) is 0 Å². The van der Waals surface area contributed by atoms with Gasteiger partial charge in [0.15, 0.2) is 15.0 Å². The summed E-state index contributed by atoms with van der Waals surface area (Å²) in [6.07, 6.45) is 1.73. The van der Waals surface area contributed by atoms with Crippen molar-refractivity contribution >= 4 is 43.5 Å². The zero-order valence-electron chi connectivity index (χ0n) is 13.6. The quantitative estimate of drug-likeness (QED) is 0.709. The largest absolute Gasteiger partial charge is 0.298 e. The number of carbonyl (C=O) groups excluding carboxylic acids is 1. The van der Waals surface area contributed by atoms with Gasteiger partial charge < -0.3 is 0 Å². The Balaban J connectivity index is 1.84. The molecule has 3 rings (SSSR count). The number of amides is 1. The Morgan fingerprint density at radius 3 is 2.68 bits per heavy atom. The van der Waals surface area contributed by atoms with Crippen LogP contribution in [-0.2, 0) is 16.3 Å². The number of aryl methyl sites for hydroxylation is 1. The van der Waals surface area contributed by atoms with E-state index in [4.69, 9.17) is 0 Å². The van der Waals surface area contributed by atoms with E-state index in [0.717, 1.165) is 16.8 Å². The summed E-state index contributed by atoms with van der Waals surface area (Å²) in [5.41, 5.74) is 1.81. The maximum absolute atomic E-state index is 12.5. The molecule has 0 atom stereocenters. The lowest BCUT2D eigenvalue weighted by atomic mass is 10.1. The van der Waals surface area contributed by atoms with Crippen LogP contribution in [0.2, 0.25) is 0 Å². The maximum atomic E-state index is 12.5. The average Bonchev–Trinajstić information content (AvgIpc) is 3.24. The minimum Gasteiger partial charge on any atom is -0.298 e. The van der Waals surface area contributed by atoms with E-state index in [2.05, 4.69) is 10.3 Å². The molecule has 8 heteroatoms. The van der Waals surface area contributed by atoms with E-state index in [0.29, 0.717) is 22.7 Å². The van der Waals surface area contributed by atoms with E-state index in [1.165, 1.54) is 17.4 Å². The van der Waals surface area contributed by atoms with Gasteiger partial charge in [0.2, 0.25) is 0 Å². The molecule has 130 valence electrons. The second-order valence-electron chi connectivity index (χ2n) is 5.42. The molecule has 0 aliphatic rings. The third-order valence-corrected chi connectivity index (χ3v) is 6.44. The van der Waals surface area contributed by atoms with Crippen molar-refractivity contribution in [3.8, 4) is 10.6 Å². The van der Waals surface area contributed by atoms with Gasteiger partial charge in [0.25, 0.3) is 5.91 Å². The van der Waals surface area contributed by atoms with Crippen LogP contribution in [0.3, 0.4) is 0 Å². The molecule has 1 aromatic carbocycles. The fraction of sp³-hybridized carbons (Fsp3) is 0.176. The SMILES string of the molecule is CCc1ccc(C(=O)Nc2nc(-c3cccs3)cs2)cc1S(C)(=O)=O. The van der Waals surface area contributed by atoms with E-state index in [9.17, 15) is 13.2 Å². The smallest absolute Gasteiger partial charge is 0.257 e. The van der Waals surface area contributed by atoms with Crippen LogP contribution in [0.1, 0.15) is 22.8 Å². The van der Waals surface area contributed by atoms with Crippen LogP contribution in [0.5, 0.6) is 0 Å². The second kappa shape index (κ2) is 7.07. The molecule has 2 heterocycles. The number of nitrogens with one attached hydrogen (secondary N) is 1. The average molecular weight is 393 g/mol. The summed E-state index contributed by atoms with van der Waals surface area (Å²) in [5, 5.41) is 7.06. The van der Waals surface area contributed by atoms with E-state index in [-0.39, 0.29) is 10.8 Å². The van der Waals surface area contributed by atoms with Crippen molar-refractivity contribution in [2.24, 2.45) is 0 Å². The number of rotatable bonds is 5. The van der Waals surface area contributed by atoms with E-state index < -0.39 is 9.84 Å². The van der Waals surface area contributed by atoms with Crippen LogP contribution in [0.15, 0.2) is 46.0 Å². The maximum Gasteiger partial charge on any atom is 0.257 e. The van der Waals surface area contributed by atoms with Crippen LogP contribution < -0.4 is 5.32 Å². The number of hydrogen-bond acceptors (Lipinski definition) is 6. The molecular formula is C17H16N2O3S3. The zero-order valence-corrected chi connectivity index (χ0v) is 16.1. The topological polar surface area (TPSA) is 76.1 Å². The monoisotopic (exact) mass is 392 g/mol. The van der Waals surface area contributed by atoms with E-state index in [1.807, 2.05) is 29.8 Å². The van der Waals surface area contributed by atoms with Crippen LogP contribution in [-0.4, -0.2) is 25.6 Å². The lowest BCUT2D eigenvalue weighted by Gasteiger charge is -2.08. The third-order valence-electron chi connectivity index (χ3n) is 3.61. The predicted molar refractivity (Wildman–Crippen MR) is 102 cm³/mol. The Morgan fingerprint density at radius 1 is 1.24 bits per heavy atom. The van der Waals surface area contributed by atoms with Gasteiger partial charge in [0, 0.05) is 17.2 Å². The number of nitrogens with zero attached hydrogens (tertiary/aromatic N) is 1. The van der Waals surface area contributed by atoms with Crippen LogP contribution in [0.4, 0.5) is 5.13 Å². The molecule has 0 radical (unpaired) electrons. The minimum atomic E-state index is -3.39. The van der Waals surface area contributed by atoms with Gasteiger partial charge in [0.1, 0.15) is 0 Å². The molecule has 0 spiro atoms. The molecule has 0 saturated heterocycles. The first-order valence-corrected chi connectivity index (χ1v) is 11.2. The minimum absolute atomic E-state index is 0.195.